The smallest absolute Gasteiger partial charge is 0.222 e. The van der Waals surface area contributed by atoms with Crippen molar-refractivity contribution in [2.24, 2.45) is 5.92 Å². The van der Waals surface area contributed by atoms with E-state index in [0.29, 0.717) is 24.3 Å². The molecule has 2 atom stereocenters. The number of hydrogen-bond donors (Lipinski definition) is 1. The van der Waals surface area contributed by atoms with Crippen molar-refractivity contribution < 1.29 is 9.53 Å². The van der Waals surface area contributed by atoms with Crippen LogP contribution in [0.3, 0.4) is 0 Å². The van der Waals surface area contributed by atoms with Gasteiger partial charge < -0.3 is 15.0 Å². The Balaban J connectivity index is 1.66. The van der Waals surface area contributed by atoms with Crippen molar-refractivity contribution in [2.75, 3.05) is 33.3 Å². The van der Waals surface area contributed by atoms with Crippen molar-refractivity contribution in [3.05, 3.63) is 0 Å². The summed E-state index contributed by atoms with van der Waals surface area (Å²) >= 11 is 0. The first-order valence-corrected chi connectivity index (χ1v) is 6.83. The highest BCUT2D eigenvalue weighted by atomic mass is 16.5. The van der Waals surface area contributed by atoms with Crippen LogP contribution in [0.2, 0.25) is 0 Å². The average molecular weight is 240 g/mol. The fourth-order valence-corrected chi connectivity index (χ4v) is 2.83. The SMILES string of the molecule is CNCC1CCN(C(=O)CCC2CCCO2)C1. The Hall–Kier alpha value is -0.610. The van der Waals surface area contributed by atoms with E-state index in [2.05, 4.69) is 5.32 Å². The second kappa shape index (κ2) is 6.36. The minimum atomic E-state index is 0.319. The molecular formula is C13H24N2O2. The Morgan fingerprint density at radius 1 is 1.47 bits per heavy atom. The molecule has 2 heterocycles. The third kappa shape index (κ3) is 3.68. The number of ether oxygens (including phenoxy) is 1. The van der Waals surface area contributed by atoms with E-state index in [0.717, 1.165) is 51.9 Å². The lowest BCUT2D eigenvalue weighted by Gasteiger charge is -2.17. The Labute approximate surface area is 104 Å². The van der Waals surface area contributed by atoms with Gasteiger partial charge in [-0.1, -0.05) is 0 Å². The molecule has 2 unspecified atom stereocenters. The summed E-state index contributed by atoms with van der Waals surface area (Å²) in [6.45, 7) is 3.78. The van der Waals surface area contributed by atoms with Crippen molar-refractivity contribution in [1.82, 2.24) is 10.2 Å². The molecule has 0 aromatic carbocycles. The number of nitrogens with one attached hydrogen (secondary N) is 1. The Morgan fingerprint density at radius 2 is 2.35 bits per heavy atom. The third-order valence-electron chi connectivity index (χ3n) is 3.84. The van der Waals surface area contributed by atoms with E-state index >= 15 is 0 Å². The summed E-state index contributed by atoms with van der Waals surface area (Å²) in [6, 6.07) is 0. The first kappa shape index (κ1) is 12.8. The second-order valence-electron chi connectivity index (χ2n) is 5.23. The zero-order valence-corrected chi connectivity index (χ0v) is 10.8. The first-order chi connectivity index (χ1) is 8.29. The Bertz CT molecular complexity index is 252. The van der Waals surface area contributed by atoms with Crippen LogP contribution < -0.4 is 5.32 Å². The molecule has 4 nitrogen and oxygen atoms in total. The van der Waals surface area contributed by atoms with Crippen molar-refractivity contribution in [1.29, 1.82) is 0 Å². The zero-order valence-electron chi connectivity index (χ0n) is 10.8. The van der Waals surface area contributed by atoms with Crippen LogP contribution in [0.1, 0.15) is 32.1 Å². The zero-order chi connectivity index (χ0) is 12.1. The maximum absolute atomic E-state index is 12.0. The lowest BCUT2D eigenvalue weighted by Crippen LogP contribution is -2.30. The van der Waals surface area contributed by atoms with Gasteiger partial charge in [0.05, 0.1) is 6.10 Å². The van der Waals surface area contributed by atoms with Gasteiger partial charge >= 0.3 is 0 Å². The molecule has 2 fully saturated rings. The number of likely N-dealkylation sites (tertiary alicyclic amines) is 1. The molecule has 0 bridgehead atoms. The van der Waals surface area contributed by atoms with Gasteiger partial charge in [0.2, 0.25) is 5.91 Å². The van der Waals surface area contributed by atoms with Gasteiger partial charge in [-0.05, 0) is 45.2 Å². The van der Waals surface area contributed by atoms with Crippen LogP contribution in [0.4, 0.5) is 0 Å². The average Bonchev–Trinajstić information content (AvgIpc) is 2.97. The van der Waals surface area contributed by atoms with Gasteiger partial charge in [-0.15, -0.1) is 0 Å². The van der Waals surface area contributed by atoms with Crippen LogP contribution in [0.15, 0.2) is 0 Å². The molecule has 2 aliphatic heterocycles. The lowest BCUT2D eigenvalue weighted by molar-refractivity contribution is -0.130. The number of rotatable bonds is 5. The highest BCUT2D eigenvalue weighted by Gasteiger charge is 2.26. The maximum atomic E-state index is 12.0. The highest BCUT2D eigenvalue weighted by Crippen LogP contribution is 2.20. The van der Waals surface area contributed by atoms with Gasteiger partial charge in [0.1, 0.15) is 0 Å². The van der Waals surface area contributed by atoms with E-state index in [9.17, 15) is 4.79 Å². The van der Waals surface area contributed by atoms with E-state index in [4.69, 9.17) is 4.74 Å². The molecule has 2 saturated heterocycles. The lowest BCUT2D eigenvalue weighted by atomic mass is 10.1. The number of amides is 1. The summed E-state index contributed by atoms with van der Waals surface area (Å²) in [6.07, 6.45) is 5.35. The van der Waals surface area contributed by atoms with Gasteiger partial charge in [0, 0.05) is 26.1 Å². The van der Waals surface area contributed by atoms with Gasteiger partial charge in [-0.3, -0.25) is 4.79 Å². The highest BCUT2D eigenvalue weighted by molar-refractivity contribution is 5.76. The predicted molar refractivity (Wildman–Crippen MR) is 66.8 cm³/mol. The third-order valence-corrected chi connectivity index (χ3v) is 3.84. The second-order valence-corrected chi connectivity index (χ2v) is 5.23. The van der Waals surface area contributed by atoms with E-state index in [1.165, 1.54) is 0 Å². The molecule has 2 rings (SSSR count). The summed E-state index contributed by atoms with van der Waals surface area (Å²) in [5.41, 5.74) is 0. The molecule has 1 N–H and O–H groups in total. The van der Waals surface area contributed by atoms with E-state index in [1.807, 2.05) is 11.9 Å². The number of nitrogens with zero attached hydrogens (tertiary/aromatic N) is 1. The van der Waals surface area contributed by atoms with Crippen LogP contribution >= 0.6 is 0 Å². The first-order valence-electron chi connectivity index (χ1n) is 6.83. The van der Waals surface area contributed by atoms with E-state index in [-0.39, 0.29) is 0 Å². The van der Waals surface area contributed by atoms with Crippen LogP contribution in [-0.2, 0) is 9.53 Å². The number of carbonyl (C=O) groups excluding carboxylic acids is 1. The monoisotopic (exact) mass is 240 g/mol. The molecule has 0 aliphatic carbocycles. The standard InChI is InChI=1S/C13H24N2O2/c1-14-9-11-6-7-15(10-11)13(16)5-4-12-3-2-8-17-12/h11-12,14H,2-10H2,1H3. The van der Waals surface area contributed by atoms with Gasteiger partial charge in [0.25, 0.3) is 0 Å². The summed E-state index contributed by atoms with van der Waals surface area (Å²) < 4.78 is 5.54. The number of hydrogen-bond acceptors (Lipinski definition) is 3. The van der Waals surface area contributed by atoms with Crippen LogP contribution in [0.25, 0.3) is 0 Å². The quantitative estimate of drug-likeness (QED) is 0.780. The van der Waals surface area contributed by atoms with Crippen molar-refractivity contribution in [3.8, 4) is 0 Å². The molecule has 4 heteroatoms. The topological polar surface area (TPSA) is 41.6 Å². The number of carbonyl (C=O) groups is 1. The summed E-state index contributed by atoms with van der Waals surface area (Å²) in [5.74, 6) is 0.964. The minimum Gasteiger partial charge on any atom is -0.378 e. The van der Waals surface area contributed by atoms with Crippen LogP contribution in [0.5, 0.6) is 0 Å². The van der Waals surface area contributed by atoms with Gasteiger partial charge in [-0.2, -0.15) is 0 Å². The molecule has 0 saturated carbocycles. The van der Waals surface area contributed by atoms with Crippen molar-refractivity contribution in [3.63, 3.8) is 0 Å². The molecular weight excluding hydrogens is 216 g/mol. The van der Waals surface area contributed by atoms with Crippen LogP contribution in [-0.4, -0.2) is 50.2 Å². The molecule has 0 aromatic heterocycles. The molecule has 0 spiro atoms. The largest absolute Gasteiger partial charge is 0.378 e. The van der Waals surface area contributed by atoms with Crippen molar-refractivity contribution in [2.45, 2.75) is 38.2 Å². The fraction of sp³-hybridized carbons (Fsp3) is 0.923. The molecule has 2 aliphatic rings. The maximum Gasteiger partial charge on any atom is 0.222 e. The van der Waals surface area contributed by atoms with Gasteiger partial charge in [0.15, 0.2) is 0 Å². The van der Waals surface area contributed by atoms with Gasteiger partial charge in [-0.25, -0.2) is 0 Å². The van der Waals surface area contributed by atoms with Crippen molar-refractivity contribution >= 4 is 5.91 Å². The summed E-state index contributed by atoms with van der Waals surface area (Å²) in [7, 11) is 1.97. The Kier molecular flexibility index (Phi) is 4.80. The molecule has 0 radical (unpaired) electrons. The molecule has 0 aromatic rings. The van der Waals surface area contributed by atoms with E-state index < -0.39 is 0 Å². The normalized spacial score (nSPS) is 28.9. The van der Waals surface area contributed by atoms with Crippen LogP contribution in [0, 0.1) is 5.92 Å². The summed E-state index contributed by atoms with van der Waals surface area (Å²) in [5, 5.41) is 3.19. The summed E-state index contributed by atoms with van der Waals surface area (Å²) in [4.78, 5) is 14.0. The molecule has 17 heavy (non-hydrogen) atoms. The van der Waals surface area contributed by atoms with E-state index in [1.54, 1.807) is 0 Å². The molecule has 1 amide bonds. The Morgan fingerprint density at radius 3 is 3.06 bits per heavy atom. The predicted octanol–water partition coefficient (Wildman–Crippen LogP) is 1.01. The fourth-order valence-electron chi connectivity index (χ4n) is 2.83. The molecule has 98 valence electrons. The minimum absolute atomic E-state index is 0.319.